The largest absolute Gasteiger partial charge is 0.462 e. The molecule has 0 saturated heterocycles. The van der Waals surface area contributed by atoms with Gasteiger partial charge in [-0.3, -0.25) is 9.59 Å². The van der Waals surface area contributed by atoms with E-state index >= 15 is 0 Å². The fourth-order valence-corrected chi connectivity index (χ4v) is 4.50. The Morgan fingerprint density at radius 2 is 1.46 bits per heavy atom. The van der Waals surface area contributed by atoms with Crippen molar-refractivity contribution in [2.75, 3.05) is 11.9 Å². The molecule has 194 valence electrons. The van der Waals surface area contributed by atoms with Crippen LogP contribution in [0.25, 0.3) is 22.3 Å². The van der Waals surface area contributed by atoms with Crippen molar-refractivity contribution in [3.05, 3.63) is 113 Å². The summed E-state index contributed by atoms with van der Waals surface area (Å²) in [5, 5.41) is 7.67. The Kier molecular flexibility index (Phi) is 7.27. The number of aryl methyl sites for hydroxylation is 1. The SMILES string of the molecule is CCOC(=O)c1c(C(=O)C(=O)Nc2ccccc2)c(-c2ccccc2)nc2c1c(C)nn2Cc1ccccc1. The lowest BCUT2D eigenvalue weighted by atomic mass is 9.94. The molecule has 5 rings (SSSR count). The number of pyridine rings is 1. The average molecular weight is 519 g/mol. The van der Waals surface area contributed by atoms with Gasteiger partial charge in [0.15, 0.2) is 5.65 Å². The van der Waals surface area contributed by atoms with E-state index in [-0.39, 0.29) is 23.4 Å². The Hall–Kier alpha value is -5.11. The molecule has 0 atom stereocenters. The van der Waals surface area contributed by atoms with Gasteiger partial charge in [0.1, 0.15) is 0 Å². The molecule has 1 amide bonds. The first-order chi connectivity index (χ1) is 19.0. The number of rotatable bonds is 8. The number of fused-ring (bicyclic) bond motifs is 1. The molecule has 0 aliphatic carbocycles. The Morgan fingerprint density at radius 3 is 2.10 bits per heavy atom. The van der Waals surface area contributed by atoms with E-state index < -0.39 is 17.7 Å². The fourth-order valence-electron chi connectivity index (χ4n) is 4.50. The summed E-state index contributed by atoms with van der Waals surface area (Å²) < 4.78 is 7.11. The van der Waals surface area contributed by atoms with Crippen LogP contribution in [0, 0.1) is 6.92 Å². The average Bonchev–Trinajstić information content (AvgIpc) is 3.27. The molecule has 0 unspecified atom stereocenters. The van der Waals surface area contributed by atoms with Gasteiger partial charge in [0.25, 0.3) is 11.7 Å². The zero-order valence-electron chi connectivity index (χ0n) is 21.5. The molecular formula is C31H26N4O4. The zero-order valence-corrected chi connectivity index (χ0v) is 21.5. The third kappa shape index (κ3) is 5.17. The highest BCUT2D eigenvalue weighted by atomic mass is 16.5. The minimum Gasteiger partial charge on any atom is -0.462 e. The van der Waals surface area contributed by atoms with Crippen LogP contribution in [-0.2, 0) is 16.1 Å². The summed E-state index contributed by atoms with van der Waals surface area (Å²) in [4.78, 5) is 45.4. The second kappa shape index (κ2) is 11.1. The molecule has 8 nitrogen and oxygen atoms in total. The smallest absolute Gasteiger partial charge is 0.339 e. The van der Waals surface area contributed by atoms with E-state index in [9.17, 15) is 14.4 Å². The lowest BCUT2D eigenvalue weighted by Gasteiger charge is -2.15. The van der Waals surface area contributed by atoms with E-state index in [1.165, 1.54) is 0 Å². The number of hydrogen-bond donors (Lipinski definition) is 1. The van der Waals surface area contributed by atoms with E-state index in [0.717, 1.165) is 5.56 Å². The van der Waals surface area contributed by atoms with Gasteiger partial charge in [0.05, 0.1) is 41.1 Å². The first-order valence-electron chi connectivity index (χ1n) is 12.6. The van der Waals surface area contributed by atoms with E-state index in [2.05, 4.69) is 10.4 Å². The van der Waals surface area contributed by atoms with Gasteiger partial charge >= 0.3 is 5.97 Å². The fraction of sp³-hybridized carbons (Fsp3) is 0.129. The molecule has 0 fully saturated rings. The molecule has 2 heterocycles. The second-order valence-corrected chi connectivity index (χ2v) is 8.87. The summed E-state index contributed by atoms with van der Waals surface area (Å²) in [6.07, 6.45) is 0. The van der Waals surface area contributed by atoms with Crippen LogP contribution >= 0.6 is 0 Å². The summed E-state index contributed by atoms with van der Waals surface area (Å²) in [6, 6.07) is 27.4. The van der Waals surface area contributed by atoms with Crippen molar-refractivity contribution in [2.45, 2.75) is 20.4 Å². The number of benzene rings is 3. The molecule has 0 aliphatic heterocycles. The van der Waals surface area contributed by atoms with Crippen LogP contribution < -0.4 is 5.32 Å². The number of anilines is 1. The minimum absolute atomic E-state index is 0.0225. The van der Waals surface area contributed by atoms with E-state index in [1.54, 1.807) is 73.1 Å². The van der Waals surface area contributed by atoms with E-state index in [4.69, 9.17) is 9.72 Å². The second-order valence-electron chi connectivity index (χ2n) is 8.87. The number of nitrogens with zero attached hydrogens (tertiary/aromatic N) is 3. The summed E-state index contributed by atoms with van der Waals surface area (Å²) in [5.41, 5.74) is 2.99. The molecule has 0 radical (unpaired) electrons. The number of esters is 1. The molecule has 39 heavy (non-hydrogen) atoms. The van der Waals surface area contributed by atoms with Gasteiger partial charge in [0, 0.05) is 11.3 Å². The molecule has 8 heteroatoms. The van der Waals surface area contributed by atoms with Gasteiger partial charge in [0.2, 0.25) is 0 Å². The quantitative estimate of drug-likeness (QED) is 0.166. The summed E-state index contributed by atoms with van der Waals surface area (Å²) in [6.45, 7) is 3.92. The number of para-hydroxylation sites is 1. The Labute approximate surface area is 225 Å². The summed E-state index contributed by atoms with van der Waals surface area (Å²) >= 11 is 0. The lowest BCUT2D eigenvalue weighted by molar-refractivity contribution is -0.112. The van der Waals surface area contributed by atoms with Gasteiger partial charge in [-0.2, -0.15) is 5.10 Å². The Balaban J connectivity index is 1.76. The molecule has 2 aromatic heterocycles. The van der Waals surface area contributed by atoms with Crippen LogP contribution in [0.2, 0.25) is 0 Å². The number of hydrogen-bond acceptors (Lipinski definition) is 6. The molecule has 0 aliphatic rings. The maximum absolute atomic E-state index is 13.8. The van der Waals surface area contributed by atoms with Crippen molar-refractivity contribution in [2.24, 2.45) is 0 Å². The number of carbonyl (C=O) groups is 3. The number of amides is 1. The van der Waals surface area contributed by atoms with Gasteiger partial charge in [-0.05, 0) is 31.5 Å². The molecule has 0 saturated carbocycles. The molecule has 5 aromatic rings. The van der Waals surface area contributed by atoms with Crippen molar-refractivity contribution in [1.82, 2.24) is 14.8 Å². The number of ether oxygens (including phenoxy) is 1. The molecule has 0 bridgehead atoms. The van der Waals surface area contributed by atoms with Gasteiger partial charge in [-0.25, -0.2) is 14.5 Å². The minimum atomic E-state index is -0.898. The van der Waals surface area contributed by atoms with Crippen LogP contribution in [0.15, 0.2) is 91.0 Å². The summed E-state index contributed by atoms with van der Waals surface area (Å²) in [7, 11) is 0. The summed E-state index contributed by atoms with van der Waals surface area (Å²) in [5.74, 6) is -2.51. The maximum Gasteiger partial charge on any atom is 0.339 e. The number of ketones is 1. The highest BCUT2D eigenvalue weighted by molar-refractivity contribution is 6.49. The van der Waals surface area contributed by atoms with Crippen molar-refractivity contribution in [3.8, 4) is 11.3 Å². The normalized spacial score (nSPS) is 10.8. The predicted molar refractivity (Wildman–Crippen MR) is 149 cm³/mol. The number of aromatic nitrogens is 3. The van der Waals surface area contributed by atoms with Crippen LogP contribution in [0.1, 0.15) is 38.9 Å². The number of Topliss-reactive ketones (excluding diaryl/α,β-unsaturated/α-hetero) is 1. The third-order valence-electron chi connectivity index (χ3n) is 6.22. The first-order valence-corrected chi connectivity index (χ1v) is 12.6. The number of carbonyl (C=O) groups excluding carboxylic acids is 3. The maximum atomic E-state index is 13.8. The van der Waals surface area contributed by atoms with Crippen molar-refractivity contribution < 1.29 is 19.1 Å². The van der Waals surface area contributed by atoms with Gasteiger partial charge in [-0.15, -0.1) is 0 Å². The van der Waals surface area contributed by atoms with Gasteiger partial charge in [-0.1, -0.05) is 78.9 Å². The predicted octanol–water partition coefficient (Wildman–Crippen LogP) is 5.45. The molecular weight excluding hydrogens is 492 g/mol. The third-order valence-corrected chi connectivity index (χ3v) is 6.22. The van der Waals surface area contributed by atoms with Gasteiger partial charge < -0.3 is 10.1 Å². The highest BCUT2D eigenvalue weighted by Gasteiger charge is 2.33. The monoisotopic (exact) mass is 518 g/mol. The van der Waals surface area contributed by atoms with Crippen molar-refractivity contribution in [1.29, 1.82) is 0 Å². The first kappa shape index (κ1) is 25.5. The van der Waals surface area contributed by atoms with Crippen molar-refractivity contribution in [3.63, 3.8) is 0 Å². The standard InChI is InChI=1S/C31H26N4O4/c1-3-39-31(38)25-24-20(2)34-35(19-21-13-7-4-8-14-21)29(24)33-27(22-15-9-5-10-16-22)26(25)28(36)30(37)32-23-17-11-6-12-18-23/h4-18H,3,19H2,1-2H3,(H,32,37). The Bertz CT molecular complexity index is 1660. The Morgan fingerprint density at radius 1 is 0.846 bits per heavy atom. The van der Waals surface area contributed by atoms with Crippen LogP contribution in [0.5, 0.6) is 0 Å². The highest BCUT2D eigenvalue weighted by Crippen LogP contribution is 2.33. The van der Waals surface area contributed by atoms with Crippen molar-refractivity contribution >= 4 is 34.4 Å². The topological polar surface area (TPSA) is 103 Å². The van der Waals surface area contributed by atoms with E-state index in [1.807, 2.05) is 36.4 Å². The van der Waals surface area contributed by atoms with E-state index in [0.29, 0.717) is 34.5 Å². The van der Waals surface area contributed by atoms with Crippen LogP contribution in [-0.4, -0.2) is 39.0 Å². The van der Waals surface area contributed by atoms with Crippen LogP contribution in [0.4, 0.5) is 5.69 Å². The molecule has 0 spiro atoms. The molecule has 3 aromatic carbocycles. The van der Waals surface area contributed by atoms with Crippen LogP contribution in [0.3, 0.4) is 0 Å². The molecule has 1 N–H and O–H groups in total. The lowest BCUT2D eigenvalue weighted by Crippen LogP contribution is -2.26. The number of nitrogens with one attached hydrogen (secondary N) is 1. The zero-order chi connectivity index (χ0) is 27.4.